The molecule has 114 valence electrons. The fourth-order valence-electron chi connectivity index (χ4n) is 2.80. The number of fused-ring (bicyclic) bond motifs is 1. The molecule has 0 saturated heterocycles. The van der Waals surface area contributed by atoms with Gasteiger partial charge in [-0.2, -0.15) is 0 Å². The Bertz CT molecular complexity index is 618. The predicted octanol–water partition coefficient (Wildman–Crippen LogP) is 1.79. The second-order valence-electron chi connectivity index (χ2n) is 5.67. The van der Waals surface area contributed by atoms with Crippen molar-refractivity contribution in [1.29, 1.82) is 0 Å². The number of nitrogens with zero attached hydrogens (tertiary/aromatic N) is 1. The third-order valence-corrected chi connectivity index (χ3v) is 3.91. The number of carbonyl (C=O) groups excluding carboxylic acids is 1. The van der Waals surface area contributed by atoms with Crippen molar-refractivity contribution in [3.63, 3.8) is 0 Å². The number of nitrogens with one attached hydrogen (secondary N) is 1. The van der Waals surface area contributed by atoms with E-state index in [-0.39, 0.29) is 12.5 Å². The first-order valence-corrected chi connectivity index (χ1v) is 7.53. The molecular formula is C18H20N2O2. The number of β-amino-alcohol motifs (C(OH)–C–C–N with tert-alkyl or cyclic N) is 1. The van der Waals surface area contributed by atoms with E-state index in [0.29, 0.717) is 12.1 Å². The molecule has 2 aromatic rings. The fraction of sp³-hybridized carbons (Fsp3) is 0.278. The van der Waals surface area contributed by atoms with Gasteiger partial charge in [-0.1, -0.05) is 42.5 Å². The van der Waals surface area contributed by atoms with Gasteiger partial charge in [-0.25, -0.2) is 0 Å². The third-order valence-electron chi connectivity index (χ3n) is 3.91. The van der Waals surface area contributed by atoms with Crippen molar-refractivity contribution in [2.24, 2.45) is 0 Å². The summed E-state index contributed by atoms with van der Waals surface area (Å²) in [5, 5.41) is 12.9. The van der Waals surface area contributed by atoms with Gasteiger partial charge in [-0.3, -0.25) is 9.69 Å². The average Bonchev–Trinajstić information content (AvgIpc) is 2.95. The molecule has 0 aromatic heterocycles. The van der Waals surface area contributed by atoms with E-state index in [1.807, 2.05) is 30.3 Å². The molecule has 1 atom stereocenters. The van der Waals surface area contributed by atoms with Crippen molar-refractivity contribution in [2.45, 2.75) is 19.2 Å². The predicted molar refractivity (Wildman–Crippen MR) is 85.3 cm³/mol. The van der Waals surface area contributed by atoms with Crippen molar-refractivity contribution >= 4 is 5.91 Å². The van der Waals surface area contributed by atoms with Gasteiger partial charge in [0.2, 0.25) is 0 Å². The van der Waals surface area contributed by atoms with Crippen LogP contribution in [0.15, 0.2) is 54.6 Å². The standard InChI is InChI=1S/C18H20N2O2/c21-17(10-19-18(22)14-6-2-1-3-7-14)13-20-11-15-8-4-5-9-16(15)12-20/h1-9,17,21H,10-13H2,(H,19,22). The summed E-state index contributed by atoms with van der Waals surface area (Å²) in [6, 6.07) is 17.4. The van der Waals surface area contributed by atoms with E-state index < -0.39 is 6.10 Å². The lowest BCUT2D eigenvalue weighted by atomic mass is 10.1. The first-order chi connectivity index (χ1) is 10.7. The summed E-state index contributed by atoms with van der Waals surface area (Å²) in [5.74, 6) is -0.149. The Balaban J connectivity index is 1.46. The summed E-state index contributed by atoms with van der Waals surface area (Å²) < 4.78 is 0. The zero-order chi connectivity index (χ0) is 15.4. The van der Waals surface area contributed by atoms with E-state index in [1.165, 1.54) is 11.1 Å². The Morgan fingerprint density at radius 2 is 1.64 bits per heavy atom. The largest absolute Gasteiger partial charge is 0.390 e. The molecule has 0 radical (unpaired) electrons. The molecule has 1 aliphatic heterocycles. The highest BCUT2D eigenvalue weighted by molar-refractivity contribution is 5.94. The lowest BCUT2D eigenvalue weighted by Crippen LogP contribution is -2.38. The van der Waals surface area contributed by atoms with Gasteiger partial charge in [0.15, 0.2) is 0 Å². The van der Waals surface area contributed by atoms with Crippen LogP contribution in [-0.4, -0.2) is 35.1 Å². The van der Waals surface area contributed by atoms with Gasteiger partial charge in [0, 0.05) is 31.7 Å². The first kappa shape index (κ1) is 14.8. The number of hydrogen-bond acceptors (Lipinski definition) is 3. The van der Waals surface area contributed by atoms with Crippen LogP contribution in [0.2, 0.25) is 0 Å². The molecule has 0 spiro atoms. The van der Waals surface area contributed by atoms with Crippen LogP contribution in [-0.2, 0) is 13.1 Å². The van der Waals surface area contributed by atoms with E-state index in [0.717, 1.165) is 13.1 Å². The van der Waals surface area contributed by atoms with Crippen LogP contribution in [0, 0.1) is 0 Å². The summed E-state index contributed by atoms with van der Waals surface area (Å²) in [7, 11) is 0. The molecule has 0 aliphatic carbocycles. The highest BCUT2D eigenvalue weighted by Crippen LogP contribution is 2.21. The van der Waals surface area contributed by atoms with Gasteiger partial charge < -0.3 is 10.4 Å². The van der Waals surface area contributed by atoms with Gasteiger partial charge >= 0.3 is 0 Å². The van der Waals surface area contributed by atoms with E-state index in [9.17, 15) is 9.90 Å². The molecule has 0 saturated carbocycles. The lowest BCUT2D eigenvalue weighted by molar-refractivity contribution is 0.0856. The third kappa shape index (κ3) is 3.53. The van der Waals surface area contributed by atoms with Gasteiger partial charge in [-0.15, -0.1) is 0 Å². The second kappa shape index (κ2) is 6.73. The van der Waals surface area contributed by atoms with Crippen LogP contribution in [0.5, 0.6) is 0 Å². The number of aliphatic hydroxyl groups excluding tert-OH is 1. The Morgan fingerprint density at radius 3 is 2.27 bits per heavy atom. The van der Waals surface area contributed by atoms with Crippen LogP contribution >= 0.6 is 0 Å². The molecule has 1 amide bonds. The molecule has 1 aliphatic rings. The highest BCUT2D eigenvalue weighted by atomic mass is 16.3. The van der Waals surface area contributed by atoms with Crippen molar-refractivity contribution in [3.05, 3.63) is 71.3 Å². The fourth-order valence-corrected chi connectivity index (χ4v) is 2.80. The lowest BCUT2D eigenvalue weighted by Gasteiger charge is -2.19. The molecule has 2 aromatic carbocycles. The van der Waals surface area contributed by atoms with Crippen molar-refractivity contribution in [1.82, 2.24) is 10.2 Å². The molecule has 0 bridgehead atoms. The quantitative estimate of drug-likeness (QED) is 0.884. The number of aliphatic hydroxyl groups is 1. The Labute approximate surface area is 130 Å². The smallest absolute Gasteiger partial charge is 0.251 e. The maximum absolute atomic E-state index is 11.9. The summed E-state index contributed by atoms with van der Waals surface area (Å²) in [5.41, 5.74) is 3.26. The minimum absolute atomic E-state index is 0.149. The minimum Gasteiger partial charge on any atom is -0.390 e. The van der Waals surface area contributed by atoms with E-state index >= 15 is 0 Å². The Kier molecular flexibility index (Phi) is 4.51. The molecule has 2 N–H and O–H groups in total. The number of amides is 1. The molecule has 1 heterocycles. The Morgan fingerprint density at radius 1 is 1.05 bits per heavy atom. The van der Waals surface area contributed by atoms with Crippen LogP contribution in [0.25, 0.3) is 0 Å². The van der Waals surface area contributed by atoms with Gasteiger partial charge in [-0.05, 0) is 23.3 Å². The summed E-state index contributed by atoms with van der Waals surface area (Å²) in [6.07, 6.45) is -0.568. The zero-order valence-corrected chi connectivity index (χ0v) is 12.4. The van der Waals surface area contributed by atoms with Gasteiger partial charge in [0.1, 0.15) is 0 Å². The summed E-state index contributed by atoms with van der Waals surface area (Å²) in [6.45, 7) is 2.55. The number of carbonyl (C=O) groups is 1. The van der Waals surface area contributed by atoms with Crippen LogP contribution in [0.4, 0.5) is 0 Å². The zero-order valence-electron chi connectivity index (χ0n) is 12.4. The monoisotopic (exact) mass is 296 g/mol. The molecule has 22 heavy (non-hydrogen) atoms. The topological polar surface area (TPSA) is 52.6 Å². The van der Waals surface area contributed by atoms with Gasteiger partial charge in [0.05, 0.1) is 6.10 Å². The number of hydrogen-bond donors (Lipinski definition) is 2. The van der Waals surface area contributed by atoms with Crippen molar-refractivity contribution < 1.29 is 9.90 Å². The Hall–Kier alpha value is -2.17. The second-order valence-corrected chi connectivity index (χ2v) is 5.67. The molecule has 4 nitrogen and oxygen atoms in total. The van der Waals surface area contributed by atoms with Crippen LogP contribution in [0.1, 0.15) is 21.5 Å². The maximum atomic E-state index is 11.9. The molecule has 4 heteroatoms. The molecule has 0 fully saturated rings. The first-order valence-electron chi connectivity index (χ1n) is 7.53. The van der Waals surface area contributed by atoms with E-state index in [1.54, 1.807) is 12.1 Å². The number of rotatable bonds is 5. The summed E-state index contributed by atoms with van der Waals surface area (Å²) in [4.78, 5) is 14.1. The van der Waals surface area contributed by atoms with E-state index in [4.69, 9.17) is 0 Å². The summed E-state index contributed by atoms with van der Waals surface area (Å²) >= 11 is 0. The van der Waals surface area contributed by atoms with Crippen molar-refractivity contribution in [2.75, 3.05) is 13.1 Å². The molecule has 3 rings (SSSR count). The average molecular weight is 296 g/mol. The van der Waals surface area contributed by atoms with Crippen LogP contribution < -0.4 is 5.32 Å². The SMILES string of the molecule is O=C(NCC(O)CN1Cc2ccccc2C1)c1ccccc1. The highest BCUT2D eigenvalue weighted by Gasteiger charge is 2.20. The van der Waals surface area contributed by atoms with Crippen molar-refractivity contribution in [3.8, 4) is 0 Å². The maximum Gasteiger partial charge on any atom is 0.251 e. The molecule has 1 unspecified atom stereocenters. The van der Waals surface area contributed by atoms with Crippen LogP contribution in [0.3, 0.4) is 0 Å². The molecular weight excluding hydrogens is 276 g/mol. The van der Waals surface area contributed by atoms with Gasteiger partial charge in [0.25, 0.3) is 5.91 Å². The number of benzene rings is 2. The normalized spacial score (nSPS) is 15.3. The van der Waals surface area contributed by atoms with E-state index in [2.05, 4.69) is 22.3 Å². The minimum atomic E-state index is -0.568.